The minimum Gasteiger partial charge on any atom is -0.451 e. The van der Waals surface area contributed by atoms with Gasteiger partial charge >= 0.3 is 5.91 Å². The Hall–Kier alpha value is -2.30. The Kier molecular flexibility index (Phi) is 4.62. The molecule has 0 saturated carbocycles. The van der Waals surface area contributed by atoms with E-state index < -0.39 is 5.91 Å². The van der Waals surface area contributed by atoms with Gasteiger partial charge in [-0.15, -0.1) is 0 Å². The molecule has 0 radical (unpaired) electrons. The van der Waals surface area contributed by atoms with Gasteiger partial charge in [0.1, 0.15) is 5.58 Å². The van der Waals surface area contributed by atoms with Crippen molar-refractivity contribution in [3.8, 4) is 0 Å². The highest BCUT2D eigenvalue weighted by Crippen LogP contribution is 2.24. The van der Waals surface area contributed by atoms with Gasteiger partial charge in [0.15, 0.2) is 5.76 Å². The fourth-order valence-corrected chi connectivity index (χ4v) is 2.25. The number of fused-ring (bicyclic) bond motifs is 1. The number of aryl methyl sites for hydroxylation is 1. The first kappa shape index (κ1) is 15.1. The normalized spacial score (nSPS) is 12.1. The first-order valence-corrected chi connectivity index (χ1v) is 7.13. The predicted molar refractivity (Wildman–Crippen MR) is 80.6 cm³/mol. The zero-order valence-corrected chi connectivity index (χ0v) is 12.5. The third kappa shape index (κ3) is 3.24. The average molecular weight is 288 g/mol. The quantitative estimate of drug-likeness (QED) is 0.850. The molecule has 0 saturated heterocycles. The second kappa shape index (κ2) is 6.43. The standard InChI is InChI=1S/C16H20N2O3/c1-4-7-10(2)15(19)17-18-16(20)14-11(3)12-8-5-6-9-13(12)21-14/h5-6,8-10H,4,7H2,1-3H3,(H,17,19)(H,18,20). The second-order valence-corrected chi connectivity index (χ2v) is 5.19. The van der Waals surface area contributed by atoms with Gasteiger partial charge in [-0.05, 0) is 19.4 Å². The number of rotatable bonds is 4. The number of para-hydroxylation sites is 1. The van der Waals surface area contributed by atoms with E-state index in [1.807, 2.05) is 39.0 Å². The van der Waals surface area contributed by atoms with E-state index in [2.05, 4.69) is 10.9 Å². The van der Waals surface area contributed by atoms with Gasteiger partial charge in [0.25, 0.3) is 0 Å². The SMILES string of the molecule is CCCC(C)C(=O)NNC(=O)c1oc2ccccc2c1C. The van der Waals surface area contributed by atoms with Crippen LogP contribution >= 0.6 is 0 Å². The van der Waals surface area contributed by atoms with Crippen molar-refractivity contribution in [2.24, 2.45) is 5.92 Å². The van der Waals surface area contributed by atoms with E-state index >= 15 is 0 Å². The molecule has 2 amide bonds. The lowest BCUT2D eigenvalue weighted by molar-refractivity contribution is -0.125. The van der Waals surface area contributed by atoms with Crippen LogP contribution in [0.4, 0.5) is 0 Å². The Bertz CT molecular complexity index is 661. The van der Waals surface area contributed by atoms with Crippen molar-refractivity contribution >= 4 is 22.8 Å². The molecular weight excluding hydrogens is 268 g/mol. The van der Waals surface area contributed by atoms with E-state index in [4.69, 9.17) is 4.42 Å². The van der Waals surface area contributed by atoms with Gasteiger partial charge < -0.3 is 4.42 Å². The van der Waals surface area contributed by atoms with Crippen LogP contribution in [-0.4, -0.2) is 11.8 Å². The molecule has 1 aromatic heterocycles. The van der Waals surface area contributed by atoms with Crippen LogP contribution in [0, 0.1) is 12.8 Å². The summed E-state index contributed by atoms with van der Waals surface area (Å²) >= 11 is 0. The number of carbonyl (C=O) groups excluding carboxylic acids is 2. The van der Waals surface area contributed by atoms with Crippen LogP contribution in [0.5, 0.6) is 0 Å². The van der Waals surface area contributed by atoms with Crippen LogP contribution in [0.25, 0.3) is 11.0 Å². The van der Waals surface area contributed by atoms with Crippen LogP contribution in [-0.2, 0) is 4.79 Å². The van der Waals surface area contributed by atoms with Crippen LogP contribution in [0.1, 0.15) is 42.8 Å². The lowest BCUT2D eigenvalue weighted by atomic mass is 10.1. The molecule has 0 aliphatic heterocycles. The molecule has 5 heteroatoms. The van der Waals surface area contributed by atoms with Crippen molar-refractivity contribution in [1.29, 1.82) is 0 Å². The summed E-state index contributed by atoms with van der Waals surface area (Å²) in [6.45, 7) is 5.67. The third-order valence-electron chi connectivity index (χ3n) is 3.52. The van der Waals surface area contributed by atoms with Gasteiger partial charge in [0, 0.05) is 16.9 Å². The van der Waals surface area contributed by atoms with Crippen molar-refractivity contribution in [1.82, 2.24) is 10.9 Å². The van der Waals surface area contributed by atoms with Crippen LogP contribution in [0.15, 0.2) is 28.7 Å². The first-order chi connectivity index (χ1) is 10.0. The molecule has 5 nitrogen and oxygen atoms in total. The molecule has 0 aliphatic rings. The van der Waals surface area contributed by atoms with Crippen LogP contribution in [0.3, 0.4) is 0 Å². The lowest BCUT2D eigenvalue weighted by Gasteiger charge is -2.11. The monoisotopic (exact) mass is 288 g/mol. The van der Waals surface area contributed by atoms with Crippen LogP contribution in [0.2, 0.25) is 0 Å². The summed E-state index contributed by atoms with van der Waals surface area (Å²) in [4.78, 5) is 23.9. The number of nitrogens with one attached hydrogen (secondary N) is 2. The molecular formula is C16H20N2O3. The fraction of sp³-hybridized carbons (Fsp3) is 0.375. The van der Waals surface area contributed by atoms with E-state index in [-0.39, 0.29) is 17.6 Å². The predicted octanol–water partition coefficient (Wildman–Crippen LogP) is 2.94. The number of furan rings is 1. The van der Waals surface area contributed by atoms with E-state index in [0.717, 1.165) is 23.8 Å². The number of hydrogen-bond acceptors (Lipinski definition) is 3. The molecule has 2 N–H and O–H groups in total. The summed E-state index contributed by atoms with van der Waals surface area (Å²) in [6.07, 6.45) is 1.70. The zero-order chi connectivity index (χ0) is 15.4. The first-order valence-electron chi connectivity index (χ1n) is 7.13. The molecule has 0 aliphatic carbocycles. The summed E-state index contributed by atoms with van der Waals surface area (Å²) in [6, 6.07) is 7.44. The summed E-state index contributed by atoms with van der Waals surface area (Å²) in [5, 5.41) is 0.897. The molecule has 112 valence electrons. The summed E-state index contributed by atoms with van der Waals surface area (Å²) in [5.41, 5.74) is 6.27. The molecule has 0 fully saturated rings. The molecule has 1 unspecified atom stereocenters. The second-order valence-electron chi connectivity index (χ2n) is 5.19. The van der Waals surface area contributed by atoms with Crippen LogP contribution < -0.4 is 10.9 Å². The molecule has 21 heavy (non-hydrogen) atoms. The summed E-state index contributed by atoms with van der Waals surface area (Å²) < 4.78 is 5.54. The van der Waals surface area contributed by atoms with Gasteiger partial charge in [-0.3, -0.25) is 20.4 Å². The fourth-order valence-electron chi connectivity index (χ4n) is 2.25. The van der Waals surface area contributed by atoms with Crippen molar-refractivity contribution in [2.45, 2.75) is 33.6 Å². The minimum absolute atomic E-state index is 0.132. The van der Waals surface area contributed by atoms with Gasteiger partial charge in [0.2, 0.25) is 5.91 Å². The van der Waals surface area contributed by atoms with E-state index in [0.29, 0.717) is 5.58 Å². The average Bonchev–Trinajstić information content (AvgIpc) is 2.82. The highest BCUT2D eigenvalue weighted by atomic mass is 16.3. The topological polar surface area (TPSA) is 71.3 Å². The maximum atomic E-state index is 12.1. The highest BCUT2D eigenvalue weighted by Gasteiger charge is 2.19. The zero-order valence-electron chi connectivity index (χ0n) is 12.5. The van der Waals surface area contributed by atoms with Gasteiger partial charge in [-0.1, -0.05) is 38.5 Å². The maximum Gasteiger partial charge on any atom is 0.305 e. The molecule has 0 bridgehead atoms. The largest absolute Gasteiger partial charge is 0.451 e. The Balaban J connectivity index is 2.06. The van der Waals surface area contributed by atoms with Crippen molar-refractivity contribution < 1.29 is 14.0 Å². The molecule has 1 aromatic carbocycles. The summed E-state index contributed by atoms with van der Waals surface area (Å²) in [7, 11) is 0. The number of hydrazine groups is 1. The molecule has 2 rings (SSSR count). The van der Waals surface area contributed by atoms with Gasteiger partial charge in [0.05, 0.1) is 0 Å². The van der Waals surface area contributed by atoms with E-state index in [1.54, 1.807) is 6.07 Å². The van der Waals surface area contributed by atoms with Crippen molar-refractivity contribution in [3.63, 3.8) is 0 Å². The molecule has 1 atom stereocenters. The highest BCUT2D eigenvalue weighted by molar-refractivity contribution is 5.99. The number of amides is 2. The molecule has 0 spiro atoms. The van der Waals surface area contributed by atoms with Gasteiger partial charge in [-0.25, -0.2) is 0 Å². The van der Waals surface area contributed by atoms with Crippen molar-refractivity contribution in [3.05, 3.63) is 35.6 Å². The van der Waals surface area contributed by atoms with Crippen molar-refractivity contribution in [2.75, 3.05) is 0 Å². The smallest absolute Gasteiger partial charge is 0.305 e. The Labute approximate surface area is 123 Å². The van der Waals surface area contributed by atoms with E-state index in [1.165, 1.54) is 0 Å². The number of hydrogen-bond donors (Lipinski definition) is 2. The van der Waals surface area contributed by atoms with E-state index in [9.17, 15) is 9.59 Å². The Morgan fingerprint density at radius 1 is 1.24 bits per heavy atom. The summed E-state index contributed by atoms with van der Waals surface area (Å²) in [5.74, 6) is -0.550. The number of benzene rings is 1. The third-order valence-corrected chi connectivity index (χ3v) is 3.52. The number of carbonyl (C=O) groups is 2. The minimum atomic E-state index is -0.444. The van der Waals surface area contributed by atoms with Gasteiger partial charge in [-0.2, -0.15) is 0 Å². The Morgan fingerprint density at radius 3 is 2.62 bits per heavy atom. The molecule has 1 heterocycles. The lowest BCUT2D eigenvalue weighted by Crippen LogP contribution is -2.44. The molecule has 2 aromatic rings. The maximum absolute atomic E-state index is 12.1. The Morgan fingerprint density at radius 2 is 1.95 bits per heavy atom.